The van der Waals surface area contributed by atoms with Crippen molar-refractivity contribution in [2.24, 2.45) is 0 Å². The van der Waals surface area contributed by atoms with Gasteiger partial charge in [-0.2, -0.15) is 0 Å². The van der Waals surface area contributed by atoms with Gasteiger partial charge in [-0.1, -0.05) is 0 Å². The molecule has 19 heavy (non-hydrogen) atoms. The second-order valence-electron chi connectivity index (χ2n) is 4.32. The molecule has 5 nitrogen and oxygen atoms in total. The minimum atomic E-state index is -4.08. The SMILES string of the molecule is Cc1cc(N)cc(C)c1S(=O)(=O)NCC(F)(F)CO. The Bertz CT molecular complexity index is 550. The fourth-order valence-electron chi connectivity index (χ4n) is 1.74. The van der Waals surface area contributed by atoms with Gasteiger partial charge in [0.2, 0.25) is 10.0 Å². The standard InChI is InChI=1S/C11H16F2N2O3S/c1-7-3-9(14)4-8(2)10(7)19(17,18)15-5-11(12,13)6-16/h3-4,15-16H,5-6,14H2,1-2H3. The Kier molecular flexibility index (Phi) is 4.49. The first-order chi connectivity index (χ1) is 8.59. The lowest BCUT2D eigenvalue weighted by Crippen LogP contribution is -2.39. The van der Waals surface area contributed by atoms with Crippen LogP contribution in [0.25, 0.3) is 0 Å². The molecule has 1 aromatic carbocycles. The Balaban J connectivity index is 3.09. The summed E-state index contributed by atoms with van der Waals surface area (Å²) in [7, 11) is -4.08. The molecule has 0 unspecified atom stereocenters. The molecule has 0 heterocycles. The van der Waals surface area contributed by atoms with Gasteiger partial charge in [-0.25, -0.2) is 21.9 Å². The van der Waals surface area contributed by atoms with E-state index < -0.39 is 29.1 Å². The van der Waals surface area contributed by atoms with Crippen molar-refractivity contribution in [2.45, 2.75) is 24.7 Å². The highest BCUT2D eigenvalue weighted by Gasteiger charge is 2.31. The first kappa shape index (κ1) is 15.8. The van der Waals surface area contributed by atoms with Crippen LogP contribution in [0, 0.1) is 13.8 Å². The maximum atomic E-state index is 12.9. The van der Waals surface area contributed by atoms with Crippen molar-refractivity contribution in [3.8, 4) is 0 Å². The van der Waals surface area contributed by atoms with Gasteiger partial charge in [-0.15, -0.1) is 0 Å². The van der Waals surface area contributed by atoms with E-state index in [1.165, 1.54) is 26.0 Å². The summed E-state index contributed by atoms with van der Waals surface area (Å²) >= 11 is 0. The number of hydrogen-bond acceptors (Lipinski definition) is 4. The third-order valence-electron chi connectivity index (χ3n) is 2.50. The Morgan fingerprint density at radius 3 is 2.21 bits per heavy atom. The van der Waals surface area contributed by atoms with E-state index in [2.05, 4.69) is 0 Å². The highest BCUT2D eigenvalue weighted by molar-refractivity contribution is 7.89. The molecule has 1 rings (SSSR count). The first-order valence-corrected chi connectivity index (χ1v) is 6.92. The number of nitrogens with two attached hydrogens (primary N) is 1. The van der Waals surface area contributed by atoms with Crippen LogP contribution in [0.15, 0.2) is 17.0 Å². The molecule has 4 N–H and O–H groups in total. The predicted molar refractivity (Wildman–Crippen MR) is 67.5 cm³/mol. The van der Waals surface area contributed by atoms with E-state index in [0.717, 1.165) is 0 Å². The molecule has 0 aliphatic carbocycles. The molecule has 0 atom stereocenters. The van der Waals surface area contributed by atoms with Gasteiger partial charge in [0.25, 0.3) is 5.92 Å². The van der Waals surface area contributed by atoms with Crippen molar-refractivity contribution in [1.82, 2.24) is 4.72 Å². The van der Waals surface area contributed by atoms with Crippen molar-refractivity contribution in [3.63, 3.8) is 0 Å². The lowest BCUT2D eigenvalue weighted by molar-refractivity contribution is -0.0437. The maximum Gasteiger partial charge on any atom is 0.283 e. The second-order valence-corrected chi connectivity index (χ2v) is 6.03. The molecule has 0 radical (unpaired) electrons. The minimum Gasteiger partial charge on any atom is -0.399 e. The molecule has 0 aliphatic heterocycles. The third-order valence-corrected chi connectivity index (χ3v) is 4.21. The molecule has 108 valence electrons. The lowest BCUT2D eigenvalue weighted by atomic mass is 10.1. The van der Waals surface area contributed by atoms with Gasteiger partial charge in [0, 0.05) is 5.69 Å². The quantitative estimate of drug-likeness (QED) is 0.700. The summed E-state index contributed by atoms with van der Waals surface area (Å²) in [6.07, 6.45) is 0. The van der Waals surface area contributed by atoms with Gasteiger partial charge in [0.05, 0.1) is 11.4 Å². The van der Waals surface area contributed by atoms with Crippen LogP contribution in [0.3, 0.4) is 0 Å². The summed E-state index contributed by atoms with van der Waals surface area (Å²) in [4.78, 5) is -0.0737. The Morgan fingerprint density at radius 1 is 1.32 bits per heavy atom. The summed E-state index contributed by atoms with van der Waals surface area (Å²) in [5, 5.41) is 8.41. The average molecular weight is 294 g/mol. The van der Waals surface area contributed by atoms with E-state index in [1.807, 2.05) is 0 Å². The number of benzene rings is 1. The molecule has 1 aromatic rings. The molecule has 0 fully saturated rings. The zero-order valence-corrected chi connectivity index (χ0v) is 11.4. The van der Waals surface area contributed by atoms with Crippen LogP contribution in [0.2, 0.25) is 0 Å². The number of halogens is 2. The number of sulfonamides is 1. The molecule has 8 heteroatoms. The van der Waals surface area contributed by atoms with Gasteiger partial charge in [-0.3, -0.25) is 0 Å². The fraction of sp³-hybridized carbons (Fsp3) is 0.455. The molecule has 0 spiro atoms. The van der Waals surface area contributed by atoms with Crippen LogP contribution in [-0.4, -0.2) is 32.6 Å². The predicted octanol–water partition coefficient (Wildman–Crippen LogP) is 0.792. The molecular formula is C11H16F2N2O3S. The van der Waals surface area contributed by atoms with Crippen LogP contribution < -0.4 is 10.5 Å². The highest BCUT2D eigenvalue weighted by Crippen LogP contribution is 2.23. The molecule has 0 amide bonds. The molecule has 0 saturated carbocycles. The summed E-state index contributed by atoms with van der Waals surface area (Å²) in [5.74, 6) is -3.50. The number of nitrogen functional groups attached to an aromatic ring is 1. The van der Waals surface area contributed by atoms with Crippen molar-refractivity contribution in [1.29, 1.82) is 0 Å². The van der Waals surface area contributed by atoms with Gasteiger partial charge < -0.3 is 10.8 Å². The second kappa shape index (κ2) is 5.40. The van der Waals surface area contributed by atoms with Crippen molar-refractivity contribution in [3.05, 3.63) is 23.3 Å². The van der Waals surface area contributed by atoms with Gasteiger partial charge >= 0.3 is 0 Å². The molecular weight excluding hydrogens is 278 g/mol. The number of hydrogen-bond donors (Lipinski definition) is 3. The monoisotopic (exact) mass is 294 g/mol. The summed E-state index contributed by atoms with van der Waals surface area (Å²) in [6, 6.07) is 2.90. The lowest BCUT2D eigenvalue weighted by Gasteiger charge is -2.16. The zero-order valence-electron chi connectivity index (χ0n) is 10.6. The van der Waals surface area contributed by atoms with Crippen molar-refractivity contribution >= 4 is 15.7 Å². The first-order valence-electron chi connectivity index (χ1n) is 5.44. The van der Waals surface area contributed by atoms with E-state index in [-0.39, 0.29) is 4.90 Å². The van der Waals surface area contributed by atoms with Crippen molar-refractivity contribution in [2.75, 3.05) is 18.9 Å². The molecule has 0 aliphatic rings. The molecule has 0 aromatic heterocycles. The van der Waals surface area contributed by atoms with E-state index in [1.54, 1.807) is 4.72 Å². The number of nitrogens with one attached hydrogen (secondary N) is 1. The van der Waals surface area contributed by atoms with E-state index >= 15 is 0 Å². The number of aliphatic hydroxyl groups excluding tert-OH is 1. The van der Waals surface area contributed by atoms with Gasteiger partial charge in [0.1, 0.15) is 6.61 Å². The van der Waals surface area contributed by atoms with Crippen LogP contribution in [0.4, 0.5) is 14.5 Å². The average Bonchev–Trinajstić information content (AvgIpc) is 2.25. The number of anilines is 1. The van der Waals surface area contributed by atoms with E-state index in [0.29, 0.717) is 16.8 Å². The Morgan fingerprint density at radius 2 is 1.79 bits per heavy atom. The van der Waals surface area contributed by atoms with Crippen LogP contribution in [0.1, 0.15) is 11.1 Å². The Hall–Kier alpha value is -1.25. The molecule has 0 bridgehead atoms. The maximum absolute atomic E-state index is 12.9. The number of rotatable bonds is 5. The van der Waals surface area contributed by atoms with Crippen LogP contribution in [-0.2, 0) is 10.0 Å². The third kappa shape index (κ3) is 3.85. The fourth-order valence-corrected chi connectivity index (χ4v) is 3.25. The smallest absolute Gasteiger partial charge is 0.283 e. The van der Waals surface area contributed by atoms with Crippen molar-refractivity contribution < 1.29 is 22.3 Å². The van der Waals surface area contributed by atoms with E-state index in [4.69, 9.17) is 10.8 Å². The van der Waals surface area contributed by atoms with Crippen LogP contribution in [0.5, 0.6) is 0 Å². The zero-order chi connectivity index (χ0) is 14.8. The topological polar surface area (TPSA) is 92.4 Å². The number of aryl methyl sites for hydroxylation is 2. The summed E-state index contributed by atoms with van der Waals surface area (Å²) in [6.45, 7) is 0.481. The Labute approximate surface area is 110 Å². The molecule has 0 saturated heterocycles. The van der Waals surface area contributed by atoms with E-state index in [9.17, 15) is 17.2 Å². The summed E-state index contributed by atoms with van der Waals surface area (Å²) < 4.78 is 51.5. The number of alkyl halides is 2. The normalized spacial score (nSPS) is 12.7. The van der Waals surface area contributed by atoms with Crippen LogP contribution >= 0.6 is 0 Å². The summed E-state index contributed by atoms with van der Waals surface area (Å²) in [5.41, 5.74) is 6.71. The largest absolute Gasteiger partial charge is 0.399 e. The highest BCUT2D eigenvalue weighted by atomic mass is 32.2. The minimum absolute atomic E-state index is 0.0737. The van der Waals surface area contributed by atoms with Gasteiger partial charge in [-0.05, 0) is 37.1 Å². The number of aliphatic hydroxyl groups is 1. The van der Waals surface area contributed by atoms with Gasteiger partial charge in [0.15, 0.2) is 0 Å².